The molecule has 1 aromatic heterocycles. The molecule has 0 N–H and O–H groups in total. The number of rotatable bonds is 4. The summed E-state index contributed by atoms with van der Waals surface area (Å²) < 4.78 is 0. The van der Waals surface area contributed by atoms with Gasteiger partial charge in [0.15, 0.2) is 5.13 Å². The van der Waals surface area contributed by atoms with Gasteiger partial charge in [-0.1, -0.05) is 34.5 Å². The summed E-state index contributed by atoms with van der Waals surface area (Å²) >= 11 is 13.6. The van der Waals surface area contributed by atoms with Crippen molar-refractivity contribution in [3.8, 4) is 0 Å². The van der Waals surface area contributed by atoms with Gasteiger partial charge in [0.2, 0.25) is 5.91 Å². The maximum Gasteiger partial charge on any atom is 0.246 e. The maximum absolute atomic E-state index is 11.6. The van der Waals surface area contributed by atoms with Crippen LogP contribution < -0.4 is 4.90 Å². The molecule has 0 aliphatic heterocycles. The molecule has 0 saturated carbocycles. The van der Waals surface area contributed by atoms with Gasteiger partial charge in [-0.25, -0.2) is 4.98 Å². The van der Waals surface area contributed by atoms with Gasteiger partial charge in [-0.3, -0.25) is 4.79 Å². The summed E-state index contributed by atoms with van der Waals surface area (Å²) in [7, 11) is 5.33. The predicted molar refractivity (Wildman–Crippen MR) is 99.1 cm³/mol. The number of thiazole rings is 1. The van der Waals surface area contributed by atoms with Crippen molar-refractivity contribution in [2.75, 3.05) is 26.0 Å². The lowest BCUT2D eigenvalue weighted by Crippen LogP contribution is -2.18. The second kappa shape index (κ2) is 7.34. The van der Waals surface area contributed by atoms with Gasteiger partial charge in [0.05, 0.1) is 10.6 Å². The van der Waals surface area contributed by atoms with E-state index in [4.69, 9.17) is 23.2 Å². The molecular formula is C16H17Cl2N3OS. The highest BCUT2D eigenvalue weighted by molar-refractivity contribution is 7.16. The molecule has 0 fully saturated rings. The first-order chi connectivity index (χ1) is 10.8. The fraction of sp³-hybridized carbons (Fsp3) is 0.250. The van der Waals surface area contributed by atoms with E-state index in [0.29, 0.717) is 10.0 Å². The fourth-order valence-electron chi connectivity index (χ4n) is 1.83. The highest BCUT2D eigenvalue weighted by Crippen LogP contribution is 2.33. The summed E-state index contributed by atoms with van der Waals surface area (Å²) in [6.07, 6.45) is 3.33. The minimum atomic E-state index is -0.0608. The van der Waals surface area contributed by atoms with E-state index in [1.807, 2.05) is 31.0 Å². The van der Waals surface area contributed by atoms with E-state index in [2.05, 4.69) is 4.98 Å². The van der Waals surface area contributed by atoms with E-state index in [9.17, 15) is 4.79 Å². The van der Waals surface area contributed by atoms with Gasteiger partial charge in [0, 0.05) is 43.0 Å². The van der Waals surface area contributed by atoms with E-state index >= 15 is 0 Å². The summed E-state index contributed by atoms with van der Waals surface area (Å²) in [5.41, 5.74) is 1.73. The van der Waals surface area contributed by atoms with Crippen LogP contribution in [0.1, 0.15) is 10.6 Å². The van der Waals surface area contributed by atoms with Crippen LogP contribution in [0.5, 0.6) is 0 Å². The standard InChI is InChI=1S/C16H17Cl2N3OS/c1-10-14(5-6-15(22)20(2)3)23-16(19-10)21(4)13-8-11(17)7-12(18)9-13/h5-9H,1-4H3. The van der Waals surface area contributed by atoms with Crippen LogP contribution >= 0.6 is 34.5 Å². The predicted octanol–water partition coefficient (Wildman–Crippen LogP) is 4.63. The van der Waals surface area contributed by atoms with Crippen molar-refractivity contribution < 1.29 is 4.79 Å². The van der Waals surface area contributed by atoms with Crippen molar-refractivity contribution in [3.63, 3.8) is 0 Å². The van der Waals surface area contributed by atoms with Crippen LogP contribution in [0, 0.1) is 6.92 Å². The number of hydrogen-bond acceptors (Lipinski definition) is 4. The molecule has 0 spiro atoms. The van der Waals surface area contributed by atoms with Crippen molar-refractivity contribution >= 4 is 57.3 Å². The van der Waals surface area contributed by atoms with E-state index < -0.39 is 0 Å². The molecule has 0 saturated heterocycles. The SMILES string of the molecule is Cc1nc(N(C)c2cc(Cl)cc(Cl)c2)sc1C=CC(=O)N(C)C. The zero-order valence-corrected chi connectivity index (χ0v) is 15.6. The molecule has 0 radical (unpaired) electrons. The molecule has 0 aliphatic carbocycles. The largest absolute Gasteiger partial charge is 0.345 e. The topological polar surface area (TPSA) is 36.4 Å². The summed E-state index contributed by atoms with van der Waals surface area (Å²) in [5, 5.41) is 1.95. The van der Waals surface area contributed by atoms with E-state index in [-0.39, 0.29) is 5.91 Å². The normalized spacial score (nSPS) is 11.0. The number of hydrogen-bond donors (Lipinski definition) is 0. The monoisotopic (exact) mass is 369 g/mol. The maximum atomic E-state index is 11.6. The zero-order chi connectivity index (χ0) is 17.1. The quantitative estimate of drug-likeness (QED) is 0.737. The first kappa shape index (κ1) is 17.8. The molecule has 122 valence electrons. The first-order valence-corrected chi connectivity index (χ1v) is 8.42. The third-order valence-electron chi connectivity index (χ3n) is 3.16. The van der Waals surface area contributed by atoms with Gasteiger partial charge in [-0.15, -0.1) is 0 Å². The van der Waals surface area contributed by atoms with Gasteiger partial charge in [-0.2, -0.15) is 0 Å². The fourth-order valence-corrected chi connectivity index (χ4v) is 3.30. The minimum Gasteiger partial charge on any atom is -0.345 e. The number of nitrogens with zero attached hydrogens (tertiary/aromatic N) is 3. The van der Waals surface area contributed by atoms with Crippen LogP contribution in [-0.2, 0) is 4.79 Å². The lowest BCUT2D eigenvalue weighted by Gasteiger charge is -2.16. The van der Waals surface area contributed by atoms with Crippen molar-refractivity contribution in [1.82, 2.24) is 9.88 Å². The van der Waals surface area contributed by atoms with Crippen molar-refractivity contribution in [1.29, 1.82) is 0 Å². The third-order valence-corrected chi connectivity index (χ3v) is 4.80. The molecule has 1 aromatic carbocycles. The molecular weight excluding hydrogens is 353 g/mol. The Morgan fingerprint density at radius 1 is 1.17 bits per heavy atom. The van der Waals surface area contributed by atoms with E-state index in [0.717, 1.165) is 21.4 Å². The van der Waals surface area contributed by atoms with E-state index in [1.54, 1.807) is 32.3 Å². The lowest BCUT2D eigenvalue weighted by atomic mass is 10.3. The Morgan fingerprint density at radius 3 is 2.35 bits per heavy atom. The highest BCUT2D eigenvalue weighted by atomic mass is 35.5. The number of aromatic nitrogens is 1. The highest BCUT2D eigenvalue weighted by Gasteiger charge is 2.13. The Balaban J connectivity index is 2.27. The average molecular weight is 370 g/mol. The second-order valence-corrected chi connectivity index (χ2v) is 7.08. The Bertz CT molecular complexity index is 736. The molecule has 2 aromatic rings. The number of halogens is 2. The van der Waals surface area contributed by atoms with Crippen LogP contribution in [-0.4, -0.2) is 36.9 Å². The minimum absolute atomic E-state index is 0.0608. The number of benzene rings is 1. The third kappa shape index (κ3) is 4.47. The molecule has 0 atom stereocenters. The number of amides is 1. The molecule has 23 heavy (non-hydrogen) atoms. The Hall–Kier alpha value is -1.56. The summed E-state index contributed by atoms with van der Waals surface area (Å²) in [5.74, 6) is -0.0608. The van der Waals surface area contributed by atoms with Crippen molar-refractivity contribution in [3.05, 3.63) is 44.9 Å². The molecule has 0 aliphatic rings. The van der Waals surface area contributed by atoms with Crippen molar-refractivity contribution in [2.45, 2.75) is 6.92 Å². The average Bonchev–Trinajstić information content (AvgIpc) is 2.83. The molecule has 4 nitrogen and oxygen atoms in total. The second-order valence-electron chi connectivity index (χ2n) is 5.20. The summed E-state index contributed by atoms with van der Waals surface area (Å²) in [4.78, 5) is 20.6. The van der Waals surface area contributed by atoms with E-state index in [1.165, 1.54) is 16.2 Å². The lowest BCUT2D eigenvalue weighted by molar-refractivity contribution is -0.123. The number of carbonyl (C=O) groups excluding carboxylic acids is 1. The van der Waals surface area contributed by atoms with Crippen LogP contribution in [0.15, 0.2) is 24.3 Å². The summed E-state index contributed by atoms with van der Waals surface area (Å²) in [6.45, 7) is 1.92. The van der Waals surface area contributed by atoms with Crippen LogP contribution in [0.3, 0.4) is 0 Å². The number of carbonyl (C=O) groups is 1. The molecule has 0 bridgehead atoms. The molecule has 0 unspecified atom stereocenters. The molecule has 2 rings (SSSR count). The first-order valence-electron chi connectivity index (χ1n) is 6.84. The van der Waals surface area contributed by atoms with Crippen LogP contribution in [0.2, 0.25) is 10.0 Å². The van der Waals surface area contributed by atoms with Gasteiger partial charge >= 0.3 is 0 Å². The van der Waals surface area contributed by atoms with Gasteiger partial charge in [0.25, 0.3) is 0 Å². The number of likely N-dealkylation sites (N-methyl/N-ethyl adjacent to an activating group) is 1. The smallest absolute Gasteiger partial charge is 0.246 e. The number of aryl methyl sites for hydroxylation is 1. The van der Waals surface area contributed by atoms with Crippen molar-refractivity contribution in [2.24, 2.45) is 0 Å². The van der Waals surface area contributed by atoms with Gasteiger partial charge in [0.1, 0.15) is 0 Å². The number of anilines is 2. The Labute approximate surface area is 150 Å². The van der Waals surface area contributed by atoms with Gasteiger partial charge < -0.3 is 9.80 Å². The zero-order valence-electron chi connectivity index (χ0n) is 13.3. The Morgan fingerprint density at radius 2 is 1.78 bits per heavy atom. The molecule has 1 amide bonds. The van der Waals surface area contributed by atoms with Crippen LogP contribution in [0.25, 0.3) is 6.08 Å². The Kier molecular flexibility index (Phi) is 5.68. The molecule has 7 heteroatoms. The van der Waals surface area contributed by atoms with Gasteiger partial charge in [-0.05, 0) is 31.2 Å². The summed E-state index contributed by atoms with van der Waals surface area (Å²) in [6, 6.07) is 5.35. The molecule has 1 heterocycles. The van der Waals surface area contributed by atoms with Crippen LogP contribution in [0.4, 0.5) is 10.8 Å².